The Balaban J connectivity index is 1.73. The van der Waals surface area contributed by atoms with Crippen LogP contribution >= 0.6 is 0 Å². The number of fused-ring (bicyclic) bond motifs is 1. The lowest BCUT2D eigenvalue weighted by molar-refractivity contribution is -0.0371. The van der Waals surface area contributed by atoms with Crippen molar-refractivity contribution in [1.82, 2.24) is 9.80 Å². The maximum absolute atomic E-state index is 15.6. The molecule has 0 unspecified atom stereocenters. The Bertz CT molecular complexity index is 1170. The van der Waals surface area contributed by atoms with Crippen LogP contribution in [0.25, 0.3) is 6.08 Å². The fourth-order valence-electron chi connectivity index (χ4n) is 5.46. The predicted molar refractivity (Wildman–Crippen MR) is 132 cm³/mol. The largest absolute Gasteiger partial charge is 0.478 e. The summed E-state index contributed by atoms with van der Waals surface area (Å²) in [5.41, 5.74) is 1.99. The van der Waals surface area contributed by atoms with E-state index in [4.69, 9.17) is 0 Å². The lowest BCUT2D eigenvalue weighted by Gasteiger charge is -2.43. The van der Waals surface area contributed by atoms with E-state index in [0.717, 1.165) is 25.5 Å². The second kappa shape index (κ2) is 10.9. The molecule has 0 amide bonds. The Morgan fingerprint density at radius 1 is 1.19 bits per heavy atom. The van der Waals surface area contributed by atoms with Crippen molar-refractivity contribution < 1.29 is 31.9 Å². The zero-order valence-corrected chi connectivity index (χ0v) is 20.9. The number of carboxylic acids is 1. The molecule has 0 aliphatic carbocycles. The zero-order valence-electron chi connectivity index (χ0n) is 20.9. The highest BCUT2D eigenvalue weighted by atomic mass is 19.3. The summed E-state index contributed by atoms with van der Waals surface area (Å²) in [5, 5.41) is 9.38. The Morgan fingerprint density at radius 3 is 2.51 bits per heavy atom. The van der Waals surface area contributed by atoms with Crippen molar-refractivity contribution in [2.75, 3.05) is 32.9 Å². The summed E-state index contributed by atoms with van der Waals surface area (Å²) >= 11 is 0. The van der Waals surface area contributed by atoms with Gasteiger partial charge in [0.15, 0.2) is 0 Å². The van der Waals surface area contributed by atoms with E-state index in [0.29, 0.717) is 36.2 Å². The Morgan fingerprint density at radius 2 is 1.89 bits per heavy atom. The molecule has 37 heavy (non-hydrogen) atoms. The zero-order chi connectivity index (χ0) is 26.9. The minimum atomic E-state index is -3.11. The van der Waals surface area contributed by atoms with Gasteiger partial charge in [0, 0.05) is 38.2 Å². The van der Waals surface area contributed by atoms with Gasteiger partial charge in [-0.3, -0.25) is 14.2 Å². The van der Waals surface area contributed by atoms with Crippen LogP contribution in [0.5, 0.6) is 0 Å². The summed E-state index contributed by atoms with van der Waals surface area (Å²) < 4.78 is 72.1. The molecule has 0 radical (unpaired) electrons. The molecule has 1 fully saturated rings. The van der Waals surface area contributed by atoms with E-state index in [1.54, 1.807) is 13.0 Å². The molecular formula is C28H31F5N2O2. The van der Waals surface area contributed by atoms with Gasteiger partial charge in [0.05, 0.1) is 24.8 Å². The third kappa shape index (κ3) is 6.21. The van der Waals surface area contributed by atoms with Gasteiger partial charge in [0.1, 0.15) is 11.6 Å². The van der Waals surface area contributed by atoms with Crippen LogP contribution < -0.4 is 0 Å². The smallest absolute Gasteiger partial charge is 0.335 e. The van der Waals surface area contributed by atoms with E-state index in [1.807, 2.05) is 0 Å². The first-order chi connectivity index (χ1) is 17.5. The van der Waals surface area contributed by atoms with Crippen LogP contribution in [0.15, 0.2) is 35.9 Å². The number of rotatable bonds is 8. The second-order valence-corrected chi connectivity index (χ2v) is 10.2. The van der Waals surface area contributed by atoms with Gasteiger partial charge in [-0.15, -0.1) is 0 Å². The number of benzene rings is 2. The Labute approximate surface area is 213 Å². The topological polar surface area (TPSA) is 43.8 Å². The molecule has 0 spiro atoms. The number of hydrogen-bond donors (Lipinski definition) is 1. The van der Waals surface area contributed by atoms with E-state index in [1.165, 1.54) is 35.2 Å². The van der Waals surface area contributed by atoms with E-state index in [-0.39, 0.29) is 17.5 Å². The molecule has 2 aliphatic rings. The fourth-order valence-corrected chi connectivity index (χ4v) is 5.46. The molecule has 4 nitrogen and oxygen atoms in total. The summed E-state index contributed by atoms with van der Waals surface area (Å²) in [4.78, 5) is 15.0. The van der Waals surface area contributed by atoms with Gasteiger partial charge in [0.25, 0.3) is 5.92 Å². The van der Waals surface area contributed by atoms with E-state index in [9.17, 15) is 23.1 Å². The van der Waals surface area contributed by atoms with Crippen molar-refractivity contribution in [3.05, 3.63) is 75.4 Å². The normalized spacial score (nSPS) is 22.0. The molecular weight excluding hydrogens is 491 g/mol. The highest BCUT2D eigenvalue weighted by molar-refractivity contribution is 5.88. The molecule has 0 bridgehead atoms. The molecule has 1 saturated heterocycles. The second-order valence-electron chi connectivity index (χ2n) is 10.2. The van der Waals surface area contributed by atoms with Crippen molar-refractivity contribution in [3.8, 4) is 0 Å². The Kier molecular flexibility index (Phi) is 8.04. The molecule has 4 rings (SSSR count). The molecule has 2 aromatic carbocycles. The van der Waals surface area contributed by atoms with Crippen LogP contribution in [-0.4, -0.2) is 65.7 Å². The summed E-state index contributed by atoms with van der Waals surface area (Å²) in [6.45, 7) is 3.33. The number of alkyl halides is 3. The van der Waals surface area contributed by atoms with E-state index in [2.05, 4.69) is 4.90 Å². The molecule has 2 aliphatic heterocycles. The highest BCUT2D eigenvalue weighted by Crippen LogP contribution is 2.42. The highest BCUT2D eigenvalue weighted by Gasteiger charge is 2.40. The summed E-state index contributed by atoms with van der Waals surface area (Å²) in [6, 6.07) is 5.01. The first-order valence-corrected chi connectivity index (χ1v) is 12.4. The number of carboxylic acid groups (broad SMARTS) is 1. The van der Waals surface area contributed by atoms with E-state index >= 15 is 8.78 Å². The Hall–Kier alpha value is -2.78. The van der Waals surface area contributed by atoms with Crippen molar-refractivity contribution >= 4 is 12.0 Å². The number of halogens is 5. The first-order valence-electron chi connectivity index (χ1n) is 12.4. The minimum absolute atomic E-state index is 0.0269. The number of hydrogen-bond acceptors (Lipinski definition) is 3. The SMILES string of the molecule is C[C@@H]1Cc2cc(C(=O)O)ccc2[C@@H](c2c(F)cc(/C=C3/CCN(CCCF)C3)cc2F)N1CC(C)(F)F. The summed E-state index contributed by atoms with van der Waals surface area (Å²) in [6.07, 6.45) is 3.15. The van der Waals surface area contributed by atoms with Crippen LogP contribution in [0, 0.1) is 11.6 Å². The van der Waals surface area contributed by atoms with Crippen molar-refractivity contribution in [2.45, 2.75) is 51.1 Å². The number of aromatic carboxylic acids is 1. The molecule has 1 N–H and O–H groups in total. The van der Waals surface area contributed by atoms with Gasteiger partial charge in [-0.2, -0.15) is 0 Å². The molecule has 0 aromatic heterocycles. The third-order valence-electron chi connectivity index (χ3n) is 7.09. The van der Waals surface area contributed by atoms with E-state index < -0.39 is 48.8 Å². The summed E-state index contributed by atoms with van der Waals surface area (Å²) in [5.74, 6) is -5.95. The lowest BCUT2D eigenvalue weighted by atomic mass is 9.83. The molecule has 0 saturated carbocycles. The standard InChI is InChI=1S/C28H31F5N2O2/c1-17-10-21-14-20(27(36)37)4-5-22(21)26(35(17)16-28(2,32)33)25-23(30)12-19(13-24(25)31)11-18-6-9-34(15-18)8-3-7-29/h4-5,11-14,17,26H,3,6-10,15-16H2,1-2H3,(H,36,37)/b18-11-/t17-,26+/m1/s1. The summed E-state index contributed by atoms with van der Waals surface area (Å²) in [7, 11) is 0. The monoisotopic (exact) mass is 522 g/mol. The fraction of sp³-hybridized carbons (Fsp3) is 0.464. The maximum Gasteiger partial charge on any atom is 0.335 e. The molecule has 200 valence electrons. The predicted octanol–water partition coefficient (Wildman–Crippen LogP) is 6.10. The number of likely N-dealkylation sites (tertiary alicyclic amines) is 1. The maximum atomic E-state index is 15.6. The van der Waals surface area contributed by atoms with Crippen molar-refractivity contribution in [3.63, 3.8) is 0 Å². The van der Waals surface area contributed by atoms with Gasteiger partial charge < -0.3 is 5.11 Å². The third-order valence-corrected chi connectivity index (χ3v) is 7.09. The van der Waals surface area contributed by atoms with Gasteiger partial charge >= 0.3 is 5.97 Å². The van der Waals surface area contributed by atoms with Crippen molar-refractivity contribution in [2.24, 2.45) is 0 Å². The van der Waals surface area contributed by atoms with Crippen LogP contribution in [-0.2, 0) is 6.42 Å². The molecule has 9 heteroatoms. The quantitative estimate of drug-likeness (QED) is 0.426. The average molecular weight is 523 g/mol. The first kappa shape index (κ1) is 27.3. The average Bonchev–Trinajstić information content (AvgIpc) is 3.25. The van der Waals surface area contributed by atoms with Gasteiger partial charge in [0.2, 0.25) is 0 Å². The van der Waals surface area contributed by atoms with Crippen molar-refractivity contribution in [1.29, 1.82) is 0 Å². The number of carbonyl (C=O) groups is 1. The van der Waals surface area contributed by atoms with Gasteiger partial charge in [-0.1, -0.05) is 17.7 Å². The molecule has 2 atom stereocenters. The molecule has 2 aromatic rings. The lowest BCUT2D eigenvalue weighted by Crippen LogP contribution is -2.48. The molecule has 2 heterocycles. The number of nitrogens with zero attached hydrogens (tertiary/aromatic N) is 2. The van der Waals surface area contributed by atoms with Crippen LogP contribution in [0.3, 0.4) is 0 Å². The van der Waals surface area contributed by atoms with Gasteiger partial charge in [-0.25, -0.2) is 22.4 Å². The van der Waals surface area contributed by atoms with Gasteiger partial charge in [-0.05, 0) is 67.1 Å². The van der Waals surface area contributed by atoms with Crippen LogP contribution in [0.1, 0.15) is 65.3 Å². The van der Waals surface area contributed by atoms with Crippen LogP contribution in [0.4, 0.5) is 22.0 Å². The minimum Gasteiger partial charge on any atom is -0.478 e. The van der Waals surface area contributed by atoms with Crippen LogP contribution in [0.2, 0.25) is 0 Å².